The minimum atomic E-state index is -0.172. The van der Waals surface area contributed by atoms with Crippen molar-refractivity contribution in [3.05, 3.63) is 175 Å². The topological polar surface area (TPSA) is 69.6 Å². The van der Waals surface area contributed by atoms with Gasteiger partial charge in [0.1, 0.15) is 5.52 Å². The smallest absolute Gasteiger partial charge is 0.181 e. The van der Waals surface area contributed by atoms with E-state index >= 15 is 0 Å². The normalized spacial score (nSPS) is 13.1. The molecule has 3 aromatic heterocycles. The molecule has 6 heteroatoms. The summed E-state index contributed by atoms with van der Waals surface area (Å²) >= 11 is 0. The lowest BCUT2D eigenvalue weighted by molar-refractivity contribution is 0.598. The third-order valence-electron chi connectivity index (χ3n) is 11.2. The van der Waals surface area contributed by atoms with Crippen molar-refractivity contribution in [2.45, 2.75) is 19.3 Å². The number of aromatic nitrogens is 5. The molecule has 6 nitrogen and oxygen atoms in total. The summed E-state index contributed by atoms with van der Waals surface area (Å²) in [5, 5.41) is 2.40. The largest absolute Gasteiger partial charge is 0.443 e. The Morgan fingerprint density at radius 3 is 1.85 bits per heavy atom. The molecule has 0 unspecified atom stereocenters. The lowest BCUT2D eigenvalue weighted by Crippen LogP contribution is -2.15. The highest BCUT2D eigenvalue weighted by atomic mass is 16.3. The molecule has 260 valence electrons. The van der Waals surface area contributed by atoms with Crippen molar-refractivity contribution in [3.8, 4) is 62.1 Å². The molecular formula is C49H33N5O. The second kappa shape index (κ2) is 11.9. The summed E-state index contributed by atoms with van der Waals surface area (Å²) in [6.07, 6.45) is 1.53. The van der Waals surface area contributed by atoms with Crippen molar-refractivity contribution < 1.29 is 4.42 Å². The quantitative estimate of drug-likeness (QED) is 0.178. The third-order valence-corrected chi connectivity index (χ3v) is 11.2. The van der Waals surface area contributed by atoms with Gasteiger partial charge in [-0.25, -0.2) is 19.9 Å². The Labute approximate surface area is 317 Å². The number of hydrogen-bond acceptors (Lipinski definition) is 5. The Kier molecular flexibility index (Phi) is 6.79. The van der Waals surface area contributed by atoms with E-state index in [2.05, 4.69) is 120 Å². The van der Waals surface area contributed by atoms with Gasteiger partial charge >= 0.3 is 0 Å². The van der Waals surface area contributed by atoms with Gasteiger partial charge in [0, 0.05) is 38.6 Å². The minimum absolute atomic E-state index is 0.172. The van der Waals surface area contributed by atoms with E-state index in [1.54, 1.807) is 0 Å². The first kappa shape index (κ1) is 31.4. The fourth-order valence-electron chi connectivity index (χ4n) is 8.42. The molecule has 11 rings (SSSR count). The fraction of sp³-hybridized carbons (Fsp3) is 0.0612. The molecule has 7 aromatic carbocycles. The van der Waals surface area contributed by atoms with Gasteiger partial charge in [-0.3, -0.25) is 0 Å². The molecule has 0 bridgehead atoms. The van der Waals surface area contributed by atoms with E-state index < -0.39 is 0 Å². The van der Waals surface area contributed by atoms with Crippen molar-refractivity contribution in [1.82, 2.24) is 24.5 Å². The van der Waals surface area contributed by atoms with Crippen molar-refractivity contribution >= 4 is 32.9 Å². The molecule has 55 heavy (non-hydrogen) atoms. The van der Waals surface area contributed by atoms with E-state index in [1.165, 1.54) is 50.5 Å². The number of fused-ring (bicyclic) bond motifs is 7. The van der Waals surface area contributed by atoms with Crippen LogP contribution in [0.5, 0.6) is 0 Å². The molecule has 0 atom stereocenters. The maximum atomic E-state index is 5.69. The highest BCUT2D eigenvalue weighted by molar-refractivity contribution is 6.10. The molecule has 0 amide bonds. The average Bonchev–Trinajstić information content (AvgIpc) is 3.91. The lowest BCUT2D eigenvalue weighted by Gasteiger charge is -2.22. The number of benzene rings is 7. The van der Waals surface area contributed by atoms with Crippen molar-refractivity contribution in [3.63, 3.8) is 0 Å². The molecule has 0 aliphatic heterocycles. The van der Waals surface area contributed by atoms with Gasteiger partial charge in [-0.2, -0.15) is 0 Å². The summed E-state index contributed by atoms with van der Waals surface area (Å²) in [7, 11) is 0. The molecule has 0 N–H and O–H groups in total. The van der Waals surface area contributed by atoms with Gasteiger partial charge in [0.15, 0.2) is 29.4 Å². The van der Waals surface area contributed by atoms with Crippen LogP contribution >= 0.6 is 0 Å². The van der Waals surface area contributed by atoms with E-state index in [0.717, 1.165) is 44.5 Å². The van der Waals surface area contributed by atoms with Gasteiger partial charge in [-0.1, -0.05) is 123 Å². The van der Waals surface area contributed by atoms with Crippen LogP contribution in [0.15, 0.2) is 169 Å². The van der Waals surface area contributed by atoms with Crippen LogP contribution in [0.4, 0.5) is 0 Å². The summed E-state index contributed by atoms with van der Waals surface area (Å²) < 4.78 is 8.04. The molecule has 0 spiro atoms. The highest BCUT2D eigenvalue weighted by Gasteiger charge is 2.36. The summed E-state index contributed by atoms with van der Waals surface area (Å²) in [6.45, 7) is 4.60. The van der Waals surface area contributed by atoms with Crippen LogP contribution in [0, 0.1) is 0 Å². The molecule has 0 fully saturated rings. The Bertz CT molecular complexity index is 3070. The maximum Gasteiger partial charge on any atom is 0.181 e. The number of para-hydroxylation sites is 1. The Morgan fingerprint density at radius 2 is 1.09 bits per heavy atom. The van der Waals surface area contributed by atoms with E-state index in [0.29, 0.717) is 17.5 Å². The Hall–Kier alpha value is -7.18. The Balaban J connectivity index is 1.03. The van der Waals surface area contributed by atoms with E-state index in [1.807, 2.05) is 60.7 Å². The summed E-state index contributed by atoms with van der Waals surface area (Å²) in [5.74, 6) is 1.92. The van der Waals surface area contributed by atoms with Crippen molar-refractivity contribution in [1.29, 1.82) is 0 Å². The molecule has 1 aliphatic carbocycles. The van der Waals surface area contributed by atoms with Gasteiger partial charge in [-0.05, 0) is 81.9 Å². The number of oxazole rings is 1. The molecule has 0 saturated carbocycles. The molecule has 1 aliphatic rings. The van der Waals surface area contributed by atoms with Gasteiger partial charge in [0.2, 0.25) is 0 Å². The zero-order valence-electron chi connectivity index (χ0n) is 30.2. The maximum absolute atomic E-state index is 5.69. The minimum Gasteiger partial charge on any atom is -0.443 e. The van der Waals surface area contributed by atoms with Crippen LogP contribution in [-0.2, 0) is 5.41 Å². The third kappa shape index (κ3) is 4.95. The second-order valence-electron chi connectivity index (χ2n) is 14.8. The first-order chi connectivity index (χ1) is 27.0. The summed E-state index contributed by atoms with van der Waals surface area (Å²) in [4.78, 5) is 19.4. The highest BCUT2D eigenvalue weighted by Crippen LogP contribution is 2.51. The monoisotopic (exact) mass is 707 g/mol. The number of hydrogen-bond donors (Lipinski definition) is 0. The van der Waals surface area contributed by atoms with Gasteiger partial charge in [0.25, 0.3) is 0 Å². The standard InChI is InChI=1S/C49H33N5O/c1-49(2)40-26-33(20-22-36(40)38-27-42-45(28-41(38)49)55-29-50-42)32-21-23-44-39(25-32)37-18-9-10-19-43(37)54(44)35-17-11-16-34(24-35)48-52-46(30-12-5-3-6-13-30)51-47(53-48)31-14-7-4-8-15-31/h3-29H,1-2H3. The predicted molar refractivity (Wildman–Crippen MR) is 221 cm³/mol. The molecule has 0 radical (unpaired) electrons. The lowest BCUT2D eigenvalue weighted by atomic mass is 9.81. The van der Waals surface area contributed by atoms with Gasteiger partial charge < -0.3 is 8.98 Å². The van der Waals surface area contributed by atoms with E-state index in [9.17, 15) is 0 Å². The predicted octanol–water partition coefficient (Wildman–Crippen LogP) is 12.1. The summed E-state index contributed by atoms with van der Waals surface area (Å²) in [6, 6.07) is 55.4. The SMILES string of the molecule is CC1(C)c2cc(-c3ccc4c(c3)c3ccccc3n4-c3cccc(-c4nc(-c5ccccc5)nc(-c5ccccc5)n4)c3)ccc2-c2cc3ncoc3cc21. The zero-order chi connectivity index (χ0) is 36.7. The first-order valence-electron chi connectivity index (χ1n) is 18.5. The molecular weight excluding hydrogens is 675 g/mol. The zero-order valence-corrected chi connectivity index (χ0v) is 30.2. The van der Waals surface area contributed by atoms with Crippen LogP contribution in [-0.4, -0.2) is 24.5 Å². The van der Waals surface area contributed by atoms with Crippen LogP contribution in [0.2, 0.25) is 0 Å². The second-order valence-corrected chi connectivity index (χ2v) is 14.8. The van der Waals surface area contributed by atoms with Crippen molar-refractivity contribution in [2.24, 2.45) is 0 Å². The molecule has 10 aromatic rings. The molecule has 0 saturated heterocycles. The van der Waals surface area contributed by atoms with Crippen LogP contribution in [0.1, 0.15) is 25.0 Å². The van der Waals surface area contributed by atoms with E-state index in [4.69, 9.17) is 19.4 Å². The number of rotatable bonds is 5. The van der Waals surface area contributed by atoms with Crippen molar-refractivity contribution in [2.75, 3.05) is 0 Å². The molecule has 3 heterocycles. The average molecular weight is 708 g/mol. The fourth-order valence-corrected chi connectivity index (χ4v) is 8.42. The van der Waals surface area contributed by atoms with Crippen LogP contribution < -0.4 is 0 Å². The van der Waals surface area contributed by atoms with Crippen LogP contribution in [0.25, 0.3) is 95.0 Å². The number of nitrogens with zero attached hydrogens (tertiary/aromatic N) is 5. The van der Waals surface area contributed by atoms with E-state index in [-0.39, 0.29) is 5.41 Å². The van der Waals surface area contributed by atoms with Gasteiger partial charge in [-0.15, -0.1) is 0 Å². The Morgan fingerprint density at radius 1 is 0.473 bits per heavy atom. The van der Waals surface area contributed by atoms with Gasteiger partial charge in [0.05, 0.1) is 11.0 Å². The van der Waals surface area contributed by atoms with Crippen LogP contribution in [0.3, 0.4) is 0 Å². The first-order valence-corrected chi connectivity index (χ1v) is 18.5. The summed E-state index contributed by atoms with van der Waals surface area (Å²) in [5.41, 5.74) is 15.1.